The lowest BCUT2D eigenvalue weighted by molar-refractivity contribution is 0.200. The molecule has 1 heterocycles. The highest BCUT2D eigenvalue weighted by molar-refractivity contribution is 5.74. The van der Waals surface area contributed by atoms with Crippen molar-refractivity contribution in [2.24, 2.45) is 5.92 Å². The molecule has 0 bridgehead atoms. The number of hydrogen-bond donors (Lipinski definition) is 3. The van der Waals surface area contributed by atoms with Crippen molar-refractivity contribution in [2.75, 3.05) is 19.7 Å². The zero-order chi connectivity index (χ0) is 18.1. The summed E-state index contributed by atoms with van der Waals surface area (Å²) in [5, 5.41) is 15.0. The summed E-state index contributed by atoms with van der Waals surface area (Å²) in [6, 6.07) is 8.11. The maximum absolute atomic E-state index is 12.1. The van der Waals surface area contributed by atoms with Crippen LogP contribution in [0.25, 0.3) is 0 Å². The van der Waals surface area contributed by atoms with E-state index >= 15 is 0 Å². The lowest BCUT2D eigenvalue weighted by atomic mass is 10.1. The second kappa shape index (κ2) is 10.4. The molecule has 1 saturated heterocycles. The van der Waals surface area contributed by atoms with Gasteiger partial charge in [-0.3, -0.25) is 4.90 Å². The Morgan fingerprint density at radius 3 is 2.40 bits per heavy atom. The number of benzene rings is 1. The number of hydrogen-bond acceptors (Lipinski definition) is 3. The van der Waals surface area contributed by atoms with Crippen molar-refractivity contribution in [1.29, 1.82) is 0 Å². The highest BCUT2D eigenvalue weighted by Gasteiger charge is 2.15. The molecule has 0 aromatic heterocycles. The fourth-order valence-corrected chi connectivity index (χ4v) is 3.15. The van der Waals surface area contributed by atoms with Crippen LogP contribution >= 0.6 is 0 Å². The van der Waals surface area contributed by atoms with E-state index in [0.717, 1.165) is 6.54 Å². The molecule has 3 N–H and O–H groups in total. The second-order valence-electron chi connectivity index (χ2n) is 7.23. The Balaban J connectivity index is 1.88. The summed E-state index contributed by atoms with van der Waals surface area (Å²) in [6.07, 6.45) is 5.24. The molecule has 5 nitrogen and oxygen atoms in total. The molecule has 2 atom stereocenters. The summed E-state index contributed by atoms with van der Waals surface area (Å²) in [5.74, 6) is 0.0427. The minimum Gasteiger partial charge on any atom is -0.396 e. The molecule has 0 radical (unpaired) electrons. The maximum atomic E-state index is 12.1. The number of nitrogens with zero attached hydrogens (tertiary/aromatic N) is 1. The molecule has 1 fully saturated rings. The quantitative estimate of drug-likeness (QED) is 0.711. The van der Waals surface area contributed by atoms with Crippen LogP contribution < -0.4 is 10.6 Å². The first-order valence-corrected chi connectivity index (χ1v) is 9.54. The Labute approximate surface area is 151 Å². The first kappa shape index (κ1) is 19.7. The Morgan fingerprint density at radius 1 is 1.12 bits per heavy atom. The van der Waals surface area contributed by atoms with Gasteiger partial charge in [-0.2, -0.15) is 0 Å². The third-order valence-corrected chi connectivity index (χ3v) is 5.15. The number of aliphatic hydroxyl groups excluding tert-OH is 1. The Morgan fingerprint density at radius 2 is 1.76 bits per heavy atom. The normalized spacial score (nSPS) is 18.2. The van der Waals surface area contributed by atoms with Crippen molar-refractivity contribution >= 4 is 6.03 Å². The van der Waals surface area contributed by atoms with Crippen LogP contribution in [-0.2, 0) is 13.1 Å². The zero-order valence-electron chi connectivity index (χ0n) is 15.6. The first-order chi connectivity index (χ1) is 12.1. The second-order valence-corrected chi connectivity index (χ2v) is 7.23. The molecular weight excluding hydrogens is 314 g/mol. The van der Waals surface area contributed by atoms with Gasteiger partial charge in [0.25, 0.3) is 0 Å². The predicted molar refractivity (Wildman–Crippen MR) is 101 cm³/mol. The Bertz CT molecular complexity index is 527. The van der Waals surface area contributed by atoms with Crippen LogP contribution in [-0.4, -0.2) is 41.8 Å². The van der Waals surface area contributed by atoms with E-state index in [1.807, 2.05) is 19.9 Å². The fraction of sp³-hybridized carbons (Fsp3) is 0.650. The molecule has 2 amide bonds. The van der Waals surface area contributed by atoms with Gasteiger partial charge in [-0.25, -0.2) is 4.79 Å². The average Bonchev–Trinajstić information content (AvgIpc) is 2.89. The van der Waals surface area contributed by atoms with Crippen LogP contribution in [0, 0.1) is 5.92 Å². The lowest BCUT2D eigenvalue weighted by Crippen LogP contribution is -2.44. The van der Waals surface area contributed by atoms with Gasteiger partial charge in [0, 0.05) is 25.7 Å². The molecule has 25 heavy (non-hydrogen) atoms. The van der Waals surface area contributed by atoms with Crippen molar-refractivity contribution < 1.29 is 9.90 Å². The molecule has 0 spiro atoms. The summed E-state index contributed by atoms with van der Waals surface area (Å²) in [7, 11) is 0. The molecule has 0 aliphatic carbocycles. The van der Waals surface area contributed by atoms with E-state index < -0.39 is 0 Å². The largest absolute Gasteiger partial charge is 0.396 e. The van der Waals surface area contributed by atoms with Crippen LogP contribution in [0.15, 0.2) is 24.3 Å². The summed E-state index contributed by atoms with van der Waals surface area (Å²) in [5.41, 5.74) is 2.46. The molecule has 140 valence electrons. The zero-order valence-corrected chi connectivity index (χ0v) is 15.6. The minimum absolute atomic E-state index is 0.0427. The molecule has 2 unspecified atom stereocenters. The molecule has 1 aliphatic rings. The van der Waals surface area contributed by atoms with Gasteiger partial charge in [0.05, 0.1) is 0 Å². The number of likely N-dealkylation sites (tertiary alicyclic amines) is 1. The summed E-state index contributed by atoms with van der Waals surface area (Å²) in [6.45, 7) is 7.71. The minimum atomic E-state index is -0.183. The summed E-state index contributed by atoms with van der Waals surface area (Å²) < 4.78 is 0. The van der Waals surface area contributed by atoms with Crippen molar-refractivity contribution in [2.45, 2.75) is 58.7 Å². The average molecular weight is 348 g/mol. The van der Waals surface area contributed by atoms with E-state index in [-0.39, 0.29) is 24.6 Å². The van der Waals surface area contributed by atoms with Crippen LogP contribution in [0.5, 0.6) is 0 Å². The van der Waals surface area contributed by atoms with Crippen molar-refractivity contribution in [1.82, 2.24) is 15.5 Å². The van der Waals surface area contributed by atoms with E-state index in [9.17, 15) is 4.79 Å². The number of aliphatic hydroxyl groups is 1. The highest BCUT2D eigenvalue weighted by Crippen LogP contribution is 2.16. The van der Waals surface area contributed by atoms with Gasteiger partial charge in [0.1, 0.15) is 0 Å². The van der Waals surface area contributed by atoms with Crippen LogP contribution in [0.3, 0.4) is 0 Å². The van der Waals surface area contributed by atoms with Crippen LogP contribution in [0.4, 0.5) is 4.79 Å². The van der Waals surface area contributed by atoms with Gasteiger partial charge in [0.2, 0.25) is 0 Å². The monoisotopic (exact) mass is 347 g/mol. The molecule has 0 saturated carbocycles. The van der Waals surface area contributed by atoms with Crippen molar-refractivity contribution in [3.8, 4) is 0 Å². The molecule has 1 aliphatic heterocycles. The fourth-order valence-electron chi connectivity index (χ4n) is 3.15. The number of carbonyl (C=O) groups is 1. The third-order valence-electron chi connectivity index (χ3n) is 5.15. The Hall–Kier alpha value is -1.59. The number of urea groups is 1. The summed E-state index contributed by atoms with van der Waals surface area (Å²) in [4.78, 5) is 14.6. The van der Waals surface area contributed by atoms with E-state index in [1.54, 1.807) is 0 Å². The molecule has 1 aromatic rings. The van der Waals surface area contributed by atoms with Gasteiger partial charge < -0.3 is 15.7 Å². The van der Waals surface area contributed by atoms with Gasteiger partial charge >= 0.3 is 6.03 Å². The third kappa shape index (κ3) is 6.67. The lowest BCUT2D eigenvalue weighted by Gasteiger charge is -2.22. The standard InChI is InChI=1S/C20H33N3O2/c1-16(15-24)17(2)22-20(25)21-13-18-9-5-6-10-19(18)14-23-11-7-3-4-8-12-23/h5-6,9-10,16-17,24H,3-4,7-8,11-15H2,1-2H3,(H2,21,22,25). The first-order valence-electron chi connectivity index (χ1n) is 9.54. The molecular formula is C20H33N3O2. The number of amides is 2. The topological polar surface area (TPSA) is 64.6 Å². The number of rotatable bonds is 7. The van der Waals surface area contributed by atoms with Gasteiger partial charge in [-0.05, 0) is 49.9 Å². The summed E-state index contributed by atoms with van der Waals surface area (Å²) >= 11 is 0. The van der Waals surface area contributed by atoms with Gasteiger partial charge in [0.15, 0.2) is 0 Å². The maximum Gasteiger partial charge on any atom is 0.315 e. The van der Waals surface area contributed by atoms with E-state index in [0.29, 0.717) is 6.54 Å². The van der Waals surface area contributed by atoms with E-state index in [4.69, 9.17) is 5.11 Å². The number of nitrogens with one attached hydrogen (secondary N) is 2. The van der Waals surface area contributed by atoms with E-state index in [1.165, 1.54) is 49.9 Å². The molecule has 1 aromatic carbocycles. The smallest absolute Gasteiger partial charge is 0.315 e. The highest BCUT2D eigenvalue weighted by atomic mass is 16.3. The van der Waals surface area contributed by atoms with Gasteiger partial charge in [-0.1, -0.05) is 44.0 Å². The number of carbonyl (C=O) groups excluding carboxylic acids is 1. The SMILES string of the molecule is CC(CO)C(C)NC(=O)NCc1ccccc1CN1CCCCCC1. The van der Waals surface area contributed by atoms with Crippen molar-refractivity contribution in [3.63, 3.8) is 0 Å². The Kier molecular flexibility index (Phi) is 8.22. The molecule has 2 rings (SSSR count). The van der Waals surface area contributed by atoms with Crippen LogP contribution in [0.2, 0.25) is 0 Å². The van der Waals surface area contributed by atoms with Crippen molar-refractivity contribution in [3.05, 3.63) is 35.4 Å². The van der Waals surface area contributed by atoms with Crippen LogP contribution in [0.1, 0.15) is 50.7 Å². The van der Waals surface area contributed by atoms with Gasteiger partial charge in [-0.15, -0.1) is 0 Å². The van der Waals surface area contributed by atoms with E-state index in [2.05, 4.69) is 33.7 Å². The molecule has 5 heteroatoms. The predicted octanol–water partition coefficient (Wildman–Crippen LogP) is 2.88.